The number of hydrogen-bond acceptors (Lipinski definition) is 3. The van der Waals surface area contributed by atoms with Crippen LogP contribution in [-0.2, 0) is 11.2 Å². The molecule has 23 heavy (non-hydrogen) atoms. The second-order valence-electron chi connectivity index (χ2n) is 5.82. The Bertz CT molecular complexity index is 770. The molecule has 0 spiro atoms. The number of benzene rings is 1. The van der Waals surface area contributed by atoms with Crippen molar-refractivity contribution >= 4 is 5.91 Å². The lowest BCUT2D eigenvalue weighted by Crippen LogP contribution is -2.33. The number of aryl methyl sites for hydroxylation is 1. The van der Waals surface area contributed by atoms with Gasteiger partial charge in [-0.15, -0.1) is 0 Å². The van der Waals surface area contributed by atoms with E-state index in [-0.39, 0.29) is 29.7 Å². The number of amides is 1. The van der Waals surface area contributed by atoms with Crippen LogP contribution in [0.15, 0.2) is 35.1 Å². The molecule has 2 aromatic rings. The number of rotatable bonds is 3. The number of aromatic amines is 1. The Morgan fingerprint density at radius 2 is 2.13 bits per heavy atom. The Morgan fingerprint density at radius 3 is 2.83 bits per heavy atom. The van der Waals surface area contributed by atoms with E-state index < -0.39 is 0 Å². The number of carbonyl (C=O) groups excluding carboxylic acids is 1. The first-order valence-corrected chi connectivity index (χ1v) is 7.65. The molecule has 1 aromatic carbocycles. The maximum absolute atomic E-state index is 12.9. The van der Waals surface area contributed by atoms with Gasteiger partial charge in [0.25, 0.3) is 5.56 Å². The van der Waals surface area contributed by atoms with E-state index in [1.807, 2.05) is 0 Å². The van der Waals surface area contributed by atoms with E-state index >= 15 is 0 Å². The van der Waals surface area contributed by atoms with E-state index in [0.29, 0.717) is 18.1 Å². The fraction of sp³-hybridized carbons (Fsp3) is 0.353. The number of halogens is 1. The summed E-state index contributed by atoms with van der Waals surface area (Å²) in [4.78, 5) is 33.1. The van der Waals surface area contributed by atoms with Crippen molar-refractivity contribution in [2.75, 3.05) is 6.54 Å². The van der Waals surface area contributed by atoms with Crippen molar-refractivity contribution in [3.05, 3.63) is 63.6 Å². The Balaban J connectivity index is 1.79. The maximum Gasteiger partial charge on any atom is 0.251 e. The van der Waals surface area contributed by atoms with Crippen LogP contribution in [0.25, 0.3) is 0 Å². The van der Waals surface area contributed by atoms with Gasteiger partial charge in [-0.3, -0.25) is 9.59 Å². The summed E-state index contributed by atoms with van der Waals surface area (Å²) >= 11 is 0. The third-order valence-corrected chi connectivity index (χ3v) is 4.05. The van der Waals surface area contributed by atoms with Gasteiger partial charge in [-0.05, 0) is 37.5 Å². The number of likely N-dealkylation sites (tertiary alicyclic amines) is 1. The summed E-state index contributed by atoms with van der Waals surface area (Å²) in [5, 5.41) is 0. The molecule has 5 nitrogen and oxygen atoms in total. The predicted molar refractivity (Wildman–Crippen MR) is 83.4 cm³/mol. The summed E-state index contributed by atoms with van der Waals surface area (Å²) in [5.41, 5.74) is 1.21. The molecule has 3 rings (SSSR count). The van der Waals surface area contributed by atoms with Gasteiger partial charge in [0.05, 0.1) is 12.5 Å². The highest BCUT2D eigenvalue weighted by Gasteiger charge is 2.31. The predicted octanol–water partition coefficient (Wildman–Crippen LogP) is 2.12. The molecule has 1 aliphatic rings. The Hall–Kier alpha value is -2.50. The molecule has 1 saturated heterocycles. The molecule has 0 saturated carbocycles. The van der Waals surface area contributed by atoms with Gasteiger partial charge >= 0.3 is 0 Å². The van der Waals surface area contributed by atoms with Crippen molar-refractivity contribution in [1.29, 1.82) is 0 Å². The van der Waals surface area contributed by atoms with Gasteiger partial charge in [-0.1, -0.05) is 12.1 Å². The molecule has 0 bridgehead atoms. The summed E-state index contributed by atoms with van der Waals surface area (Å²) < 4.78 is 12.9. The van der Waals surface area contributed by atoms with Crippen molar-refractivity contribution in [3.8, 4) is 0 Å². The Morgan fingerprint density at radius 1 is 1.39 bits per heavy atom. The lowest BCUT2D eigenvalue weighted by Gasteiger charge is -2.24. The first-order valence-electron chi connectivity index (χ1n) is 7.65. The summed E-state index contributed by atoms with van der Waals surface area (Å²) in [7, 11) is 0. The number of aromatic nitrogens is 2. The molecule has 1 N–H and O–H groups in total. The van der Waals surface area contributed by atoms with E-state index in [1.54, 1.807) is 24.0 Å². The van der Waals surface area contributed by atoms with Crippen molar-refractivity contribution in [1.82, 2.24) is 14.9 Å². The van der Waals surface area contributed by atoms with E-state index in [0.717, 1.165) is 18.4 Å². The molecule has 2 heterocycles. The van der Waals surface area contributed by atoms with Crippen molar-refractivity contribution in [3.63, 3.8) is 0 Å². The van der Waals surface area contributed by atoms with Crippen LogP contribution in [0.2, 0.25) is 0 Å². The number of H-pyrrole nitrogens is 1. The minimum absolute atomic E-state index is 0.0386. The lowest BCUT2D eigenvalue weighted by molar-refractivity contribution is -0.131. The zero-order valence-electron chi connectivity index (χ0n) is 12.9. The molecule has 0 aliphatic carbocycles. The van der Waals surface area contributed by atoms with Crippen LogP contribution in [0.3, 0.4) is 0 Å². The monoisotopic (exact) mass is 315 g/mol. The smallest absolute Gasteiger partial charge is 0.251 e. The van der Waals surface area contributed by atoms with E-state index in [4.69, 9.17) is 0 Å². The van der Waals surface area contributed by atoms with Crippen molar-refractivity contribution in [2.24, 2.45) is 0 Å². The first kappa shape index (κ1) is 15.4. The SMILES string of the molecule is Cc1cc(=O)[nH]c([C@@H]2CCCN2C(=O)Cc2ccc(F)cc2)n1. The highest BCUT2D eigenvalue weighted by atomic mass is 19.1. The molecular formula is C17H18FN3O2. The molecule has 0 radical (unpaired) electrons. The third-order valence-electron chi connectivity index (χ3n) is 4.05. The van der Waals surface area contributed by atoms with Crippen LogP contribution in [0.5, 0.6) is 0 Å². The molecule has 6 heteroatoms. The molecular weight excluding hydrogens is 297 g/mol. The second kappa shape index (κ2) is 6.32. The largest absolute Gasteiger partial charge is 0.332 e. The summed E-state index contributed by atoms with van der Waals surface area (Å²) in [6, 6.07) is 7.17. The molecule has 1 aromatic heterocycles. The van der Waals surface area contributed by atoms with Crippen LogP contribution in [-0.4, -0.2) is 27.3 Å². The fourth-order valence-electron chi connectivity index (χ4n) is 2.99. The van der Waals surface area contributed by atoms with Gasteiger partial charge in [-0.2, -0.15) is 0 Å². The average Bonchev–Trinajstić information content (AvgIpc) is 2.98. The third kappa shape index (κ3) is 3.47. The first-order chi connectivity index (χ1) is 11.0. The normalized spacial score (nSPS) is 17.5. The molecule has 1 amide bonds. The summed E-state index contributed by atoms with van der Waals surface area (Å²) in [5.74, 6) is 0.185. The highest BCUT2D eigenvalue weighted by molar-refractivity contribution is 5.79. The van der Waals surface area contributed by atoms with Crippen LogP contribution in [0.1, 0.15) is 36.0 Å². The van der Waals surface area contributed by atoms with Gasteiger partial charge in [-0.25, -0.2) is 9.37 Å². The average molecular weight is 315 g/mol. The fourth-order valence-corrected chi connectivity index (χ4v) is 2.99. The van der Waals surface area contributed by atoms with E-state index in [1.165, 1.54) is 18.2 Å². The topological polar surface area (TPSA) is 66.1 Å². The second-order valence-corrected chi connectivity index (χ2v) is 5.82. The van der Waals surface area contributed by atoms with E-state index in [2.05, 4.69) is 9.97 Å². The van der Waals surface area contributed by atoms with Gasteiger partial charge in [0, 0.05) is 18.3 Å². The number of hydrogen-bond donors (Lipinski definition) is 1. The zero-order valence-corrected chi connectivity index (χ0v) is 12.9. The highest BCUT2D eigenvalue weighted by Crippen LogP contribution is 2.30. The minimum Gasteiger partial charge on any atom is -0.332 e. The maximum atomic E-state index is 12.9. The van der Waals surface area contributed by atoms with Crippen molar-refractivity contribution < 1.29 is 9.18 Å². The van der Waals surface area contributed by atoms with Gasteiger partial charge in [0.2, 0.25) is 5.91 Å². The number of carbonyl (C=O) groups is 1. The van der Waals surface area contributed by atoms with Gasteiger partial charge < -0.3 is 9.88 Å². The molecule has 1 aliphatic heterocycles. The van der Waals surface area contributed by atoms with Crippen LogP contribution in [0.4, 0.5) is 4.39 Å². The van der Waals surface area contributed by atoms with Crippen molar-refractivity contribution in [2.45, 2.75) is 32.2 Å². The Labute approximate surface area is 133 Å². The molecule has 1 atom stereocenters. The van der Waals surface area contributed by atoms with Gasteiger partial charge in [0.15, 0.2) is 0 Å². The molecule has 120 valence electrons. The van der Waals surface area contributed by atoms with Crippen LogP contribution >= 0.6 is 0 Å². The number of nitrogens with zero attached hydrogens (tertiary/aromatic N) is 2. The standard InChI is InChI=1S/C17H18FN3O2/c1-11-9-15(22)20-17(19-11)14-3-2-8-21(14)16(23)10-12-4-6-13(18)7-5-12/h4-7,9,14H,2-3,8,10H2,1H3,(H,19,20,22)/t14-/m0/s1. The van der Waals surface area contributed by atoms with Crippen LogP contribution < -0.4 is 5.56 Å². The molecule has 1 fully saturated rings. The van der Waals surface area contributed by atoms with E-state index in [9.17, 15) is 14.0 Å². The summed E-state index contributed by atoms with van der Waals surface area (Å²) in [6.07, 6.45) is 1.87. The summed E-state index contributed by atoms with van der Waals surface area (Å²) in [6.45, 7) is 2.40. The van der Waals surface area contributed by atoms with Gasteiger partial charge in [0.1, 0.15) is 11.6 Å². The van der Waals surface area contributed by atoms with Crippen LogP contribution in [0, 0.1) is 12.7 Å². The molecule has 0 unspecified atom stereocenters. The minimum atomic E-state index is -0.318. The Kier molecular flexibility index (Phi) is 4.23. The lowest BCUT2D eigenvalue weighted by atomic mass is 10.1. The number of nitrogens with one attached hydrogen (secondary N) is 1. The quantitative estimate of drug-likeness (QED) is 0.943. The zero-order chi connectivity index (χ0) is 16.4.